The summed E-state index contributed by atoms with van der Waals surface area (Å²) in [4.78, 5) is 6.73. The number of fused-ring (bicyclic) bond motifs is 1. The fourth-order valence-corrected chi connectivity index (χ4v) is 6.76. The van der Waals surface area contributed by atoms with Crippen molar-refractivity contribution in [3.05, 3.63) is 64.1 Å². The Hall–Kier alpha value is -1.21. The van der Waals surface area contributed by atoms with Crippen LogP contribution in [0.1, 0.15) is 5.56 Å². The van der Waals surface area contributed by atoms with Gasteiger partial charge in [-0.05, 0) is 29.8 Å². The monoisotopic (exact) mass is 426 g/mol. The standard InChI is InChI=1S/C18H16Cl2N2O2S2/c19-13-5-3-6-14(8-13)22-17-11-26(23,24)10-16(17)21-18(22)25-9-12-4-1-2-7-15(12)20/h1-8,16-17H,9-11H2/t16-,17-/m0/s1. The molecule has 1 fully saturated rings. The zero-order valence-corrected chi connectivity index (χ0v) is 16.8. The summed E-state index contributed by atoms with van der Waals surface area (Å²) in [6.07, 6.45) is 0. The predicted octanol–water partition coefficient (Wildman–Crippen LogP) is 4.27. The van der Waals surface area contributed by atoms with Crippen molar-refractivity contribution < 1.29 is 8.42 Å². The number of thioether (sulfide) groups is 1. The zero-order valence-electron chi connectivity index (χ0n) is 13.7. The molecule has 0 amide bonds. The number of hydrogen-bond acceptors (Lipinski definition) is 5. The smallest absolute Gasteiger partial charge is 0.164 e. The van der Waals surface area contributed by atoms with Crippen molar-refractivity contribution >= 4 is 55.7 Å². The molecule has 0 saturated carbocycles. The van der Waals surface area contributed by atoms with E-state index >= 15 is 0 Å². The third-order valence-electron chi connectivity index (χ3n) is 4.51. The second-order valence-corrected chi connectivity index (χ2v) is 10.3. The number of halogens is 2. The van der Waals surface area contributed by atoms with Gasteiger partial charge in [0.25, 0.3) is 0 Å². The Balaban J connectivity index is 1.64. The molecule has 0 N–H and O–H groups in total. The van der Waals surface area contributed by atoms with Gasteiger partial charge in [-0.2, -0.15) is 0 Å². The molecule has 136 valence electrons. The van der Waals surface area contributed by atoms with Crippen LogP contribution in [0.2, 0.25) is 10.0 Å². The van der Waals surface area contributed by atoms with Gasteiger partial charge in [0.1, 0.15) is 0 Å². The van der Waals surface area contributed by atoms with Gasteiger partial charge in [-0.25, -0.2) is 8.42 Å². The van der Waals surface area contributed by atoms with Crippen LogP contribution >= 0.6 is 35.0 Å². The quantitative estimate of drug-likeness (QED) is 0.734. The molecular weight excluding hydrogens is 411 g/mol. The van der Waals surface area contributed by atoms with E-state index in [2.05, 4.69) is 0 Å². The summed E-state index contributed by atoms with van der Waals surface area (Å²) in [5, 5.41) is 2.15. The number of aliphatic imine (C=N–C) groups is 1. The lowest BCUT2D eigenvalue weighted by atomic mass is 10.1. The van der Waals surface area contributed by atoms with Gasteiger partial charge in [0.15, 0.2) is 15.0 Å². The van der Waals surface area contributed by atoms with Crippen molar-refractivity contribution in [3.8, 4) is 0 Å². The molecule has 0 aromatic heterocycles. The zero-order chi connectivity index (χ0) is 18.3. The molecule has 0 aliphatic carbocycles. The van der Waals surface area contributed by atoms with Gasteiger partial charge in [-0.15, -0.1) is 0 Å². The van der Waals surface area contributed by atoms with Gasteiger partial charge < -0.3 is 4.90 Å². The molecule has 0 unspecified atom stereocenters. The summed E-state index contributed by atoms with van der Waals surface area (Å²) in [7, 11) is -3.07. The van der Waals surface area contributed by atoms with E-state index in [9.17, 15) is 8.42 Å². The van der Waals surface area contributed by atoms with Crippen LogP contribution in [0, 0.1) is 0 Å². The lowest BCUT2D eigenvalue weighted by Gasteiger charge is -2.26. The first-order valence-corrected chi connectivity index (χ1v) is 11.7. The summed E-state index contributed by atoms with van der Waals surface area (Å²) in [5.41, 5.74) is 1.89. The van der Waals surface area contributed by atoms with E-state index in [0.717, 1.165) is 21.4 Å². The Kier molecular flexibility index (Phi) is 4.94. The van der Waals surface area contributed by atoms with Crippen LogP contribution in [0.4, 0.5) is 5.69 Å². The maximum absolute atomic E-state index is 12.1. The number of amidine groups is 1. The lowest BCUT2D eigenvalue weighted by molar-refractivity contribution is 0.601. The normalized spacial score (nSPS) is 23.8. The van der Waals surface area contributed by atoms with E-state index in [-0.39, 0.29) is 23.6 Å². The predicted molar refractivity (Wildman–Crippen MR) is 110 cm³/mol. The van der Waals surface area contributed by atoms with E-state index < -0.39 is 9.84 Å². The molecule has 0 spiro atoms. The van der Waals surface area contributed by atoms with Crippen LogP contribution < -0.4 is 4.90 Å². The van der Waals surface area contributed by atoms with Crippen LogP contribution in [0.3, 0.4) is 0 Å². The van der Waals surface area contributed by atoms with E-state index in [1.54, 1.807) is 17.8 Å². The Labute approximate surface area is 167 Å². The lowest BCUT2D eigenvalue weighted by Crippen LogP contribution is -2.39. The number of anilines is 1. The second kappa shape index (κ2) is 7.08. The summed E-state index contributed by atoms with van der Waals surface area (Å²) >= 11 is 14.0. The molecule has 1 saturated heterocycles. The number of benzene rings is 2. The van der Waals surface area contributed by atoms with Crippen LogP contribution in [-0.2, 0) is 15.6 Å². The fraction of sp³-hybridized carbons (Fsp3) is 0.278. The number of rotatable bonds is 3. The molecule has 2 atom stereocenters. The molecule has 4 nitrogen and oxygen atoms in total. The van der Waals surface area contributed by atoms with Gasteiger partial charge in [-0.1, -0.05) is 59.2 Å². The Morgan fingerprint density at radius 1 is 1.12 bits per heavy atom. The Morgan fingerprint density at radius 3 is 2.69 bits per heavy atom. The average molecular weight is 427 g/mol. The molecular formula is C18H16Cl2N2O2S2. The van der Waals surface area contributed by atoms with Crippen molar-refractivity contribution in [2.75, 3.05) is 16.4 Å². The maximum atomic E-state index is 12.1. The number of sulfone groups is 1. The van der Waals surface area contributed by atoms with E-state index in [1.807, 2.05) is 47.4 Å². The van der Waals surface area contributed by atoms with Gasteiger partial charge in [0.05, 0.1) is 23.6 Å². The van der Waals surface area contributed by atoms with Crippen LogP contribution in [-0.4, -0.2) is 37.2 Å². The molecule has 0 radical (unpaired) electrons. The van der Waals surface area contributed by atoms with Crippen molar-refractivity contribution in [3.63, 3.8) is 0 Å². The van der Waals surface area contributed by atoms with Crippen LogP contribution in [0.5, 0.6) is 0 Å². The number of hydrogen-bond donors (Lipinski definition) is 0. The Bertz CT molecular complexity index is 979. The minimum atomic E-state index is -3.07. The van der Waals surface area contributed by atoms with Crippen LogP contribution in [0.25, 0.3) is 0 Å². The number of nitrogens with zero attached hydrogens (tertiary/aromatic N) is 2. The highest BCUT2D eigenvalue weighted by Gasteiger charge is 2.47. The van der Waals surface area contributed by atoms with E-state index in [1.165, 1.54) is 0 Å². The molecule has 2 aromatic rings. The molecule has 8 heteroatoms. The molecule has 2 aliphatic heterocycles. The Morgan fingerprint density at radius 2 is 1.92 bits per heavy atom. The first-order valence-electron chi connectivity index (χ1n) is 8.12. The SMILES string of the molecule is O=S1(=O)C[C@@H]2N=C(SCc3ccccc3Cl)N(c3cccc(Cl)c3)[C@H]2C1. The summed E-state index contributed by atoms with van der Waals surface area (Å²) in [5.74, 6) is 0.885. The highest BCUT2D eigenvalue weighted by molar-refractivity contribution is 8.13. The first-order chi connectivity index (χ1) is 12.4. The third kappa shape index (κ3) is 3.60. The summed E-state index contributed by atoms with van der Waals surface area (Å²) < 4.78 is 24.1. The van der Waals surface area contributed by atoms with Crippen molar-refractivity contribution in [2.24, 2.45) is 4.99 Å². The van der Waals surface area contributed by atoms with Gasteiger partial charge >= 0.3 is 0 Å². The first kappa shape index (κ1) is 18.2. The van der Waals surface area contributed by atoms with Gasteiger partial charge in [0.2, 0.25) is 0 Å². The fourth-order valence-electron chi connectivity index (χ4n) is 3.32. The van der Waals surface area contributed by atoms with E-state index in [4.69, 9.17) is 28.2 Å². The highest BCUT2D eigenvalue weighted by Crippen LogP contribution is 2.37. The minimum absolute atomic E-state index is 0.102. The van der Waals surface area contributed by atoms with Crippen molar-refractivity contribution in [1.82, 2.24) is 0 Å². The average Bonchev–Trinajstić information content (AvgIpc) is 3.05. The van der Waals surface area contributed by atoms with E-state index in [0.29, 0.717) is 10.8 Å². The van der Waals surface area contributed by atoms with Crippen molar-refractivity contribution in [1.29, 1.82) is 0 Å². The summed E-state index contributed by atoms with van der Waals surface area (Å²) in [6, 6.07) is 14.8. The van der Waals surface area contributed by atoms with Crippen molar-refractivity contribution in [2.45, 2.75) is 17.8 Å². The molecule has 2 aliphatic rings. The molecule has 0 bridgehead atoms. The largest absolute Gasteiger partial charge is 0.315 e. The third-order valence-corrected chi connectivity index (χ3v) is 7.83. The minimum Gasteiger partial charge on any atom is -0.315 e. The highest BCUT2D eigenvalue weighted by atomic mass is 35.5. The summed E-state index contributed by atoms with van der Waals surface area (Å²) in [6.45, 7) is 0. The van der Waals surface area contributed by atoms with Gasteiger partial charge in [0, 0.05) is 21.5 Å². The van der Waals surface area contributed by atoms with Gasteiger partial charge in [-0.3, -0.25) is 4.99 Å². The molecule has 26 heavy (non-hydrogen) atoms. The van der Waals surface area contributed by atoms with Crippen LogP contribution in [0.15, 0.2) is 53.5 Å². The maximum Gasteiger partial charge on any atom is 0.164 e. The molecule has 2 heterocycles. The topological polar surface area (TPSA) is 49.7 Å². The second-order valence-electron chi connectivity index (χ2n) is 6.35. The molecule has 4 rings (SSSR count). The molecule has 2 aromatic carbocycles.